The summed E-state index contributed by atoms with van der Waals surface area (Å²) in [5.74, 6) is -0.207. The minimum absolute atomic E-state index is 0.207. The number of pyridine rings is 1. The van der Waals surface area contributed by atoms with Crippen LogP contribution >= 0.6 is 22.7 Å². The summed E-state index contributed by atoms with van der Waals surface area (Å²) in [5, 5.41) is 6.91. The van der Waals surface area contributed by atoms with E-state index in [1.807, 2.05) is 41.1 Å². The minimum Gasteiger partial charge on any atom is -0.321 e. The summed E-state index contributed by atoms with van der Waals surface area (Å²) >= 11 is 3.26. The Morgan fingerprint density at radius 1 is 0.828 bits per heavy atom. The molecule has 1 aromatic carbocycles. The van der Waals surface area contributed by atoms with Crippen molar-refractivity contribution < 1.29 is 4.79 Å². The summed E-state index contributed by atoms with van der Waals surface area (Å²) in [6.45, 7) is 0. The zero-order valence-corrected chi connectivity index (χ0v) is 16.7. The number of amides is 1. The van der Waals surface area contributed by atoms with Gasteiger partial charge >= 0.3 is 0 Å². The molecule has 1 amide bonds. The maximum Gasteiger partial charge on any atom is 0.255 e. The Morgan fingerprint density at radius 3 is 2.17 bits per heavy atom. The Hall–Kier alpha value is -3.42. The van der Waals surface area contributed by atoms with E-state index in [2.05, 4.69) is 10.3 Å². The zero-order chi connectivity index (χ0) is 19.6. The van der Waals surface area contributed by atoms with Gasteiger partial charge in [-0.3, -0.25) is 9.78 Å². The molecule has 4 heterocycles. The second-order valence-corrected chi connectivity index (χ2v) is 8.17. The maximum atomic E-state index is 12.6. The van der Waals surface area contributed by atoms with Gasteiger partial charge in [-0.25, -0.2) is 9.97 Å². The molecule has 0 aliphatic rings. The van der Waals surface area contributed by atoms with E-state index in [0.29, 0.717) is 16.8 Å². The largest absolute Gasteiger partial charge is 0.321 e. The molecule has 4 aromatic heterocycles. The Morgan fingerprint density at radius 2 is 1.55 bits per heavy atom. The van der Waals surface area contributed by atoms with Gasteiger partial charge in [-0.2, -0.15) is 0 Å². The van der Waals surface area contributed by atoms with E-state index in [1.165, 1.54) is 0 Å². The summed E-state index contributed by atoms with van der Waals surface area (Å²) in [6.07, 6.45) is 3.28. The predicted molar refractivity (Wildman–Crippen MR) is 118 cm³/mol. The first-order valence-electron chi connectivity index (χ1n) is 8.89. The number of hydrogen-bond acceptors (Lipinski definition) is 6. The van der Waals surface area contributed by atoms with E-state index in [4.69, 9.17) is 9.97 Å². The van der Waals surface area contributed by atoms with Crippen molar-refractivity contribution in [3.63, 3.8) is 0 Å². The van der Waals surface area contributed by atoms with Gasteiger partial charge in [0.15, 0.2) is 0 Å². The maximum absolute atomic E-state index is 12.6. The molecule has 5 aromatic rings. The van der Waals surface area contributed by atoms with Crippen LogP contribution in [0.2, 0.25) is 0 Å². The third-order valence-corrected chi connectivity index (χ3v) is 6.11. The van der Waals surface area contributed by atoms with Crippen molar-refractivity contribution in [3.8, 4) is 21.1 Å². The molecule has 0 radical (unpaired) electrons. The molecule has 29 heavy (non-hydrogen) atoms. The average Bonchev–Trinajstić information content (AvgIpc) is 3.47. The Kier molecular flexibility index (Phi) is 4.59. The van der Waals surface area contributed by atoms with Crippen LogP contribution in [-0.4, -0.2) is 20.9 Å². The number of anilines is 1. The highest BCUT2D eigenvalue weighted by Crippen LogP contribution is 2.35. The molecule has 1 N–H and O–H groups in total. The van der Waals surface area contributed by atoms with Crippen molar-refractivity contribution in [1.29, 1.82) is 0 Å². The molecule has 0 spiro atoms. The van der Waals surface area contributed by atoms with Gasteiger partial charge in [0, 0.05) is 11.8 Å². The lowest BCUT2D eigenvalue weighted by atomic mass is 10.1. The van der Waals surface area contributed by atoms with Crippen molar-refractivity contribution in [2.24, 2.45) is 0 Å². The predicted octanol–water partition coefficient (Wildman–Crippen LogP) is 5.73. The second-order valence-electron chi connectivity index (χ2n) is 6.27. The van der Waals surface area contributed by atoms with Gasteiger partial charge in [-0.15, -0.1) is 22.7 Å². The van der Waals surface area contributed by atoms with E-state index in [1.54, 1.807) is 59.3 Å². The first-order valence-corrected chi connectivity index (χ1v) is 10.6. The number of nitrogens with one attached hydrogen (secondary N) is 1. The summed E-state index contributed by atoms with van der Waals surface area (Å²) in [5.41, 5.74) is 4.31. The molecule has 7 heteroatoms. The molecule has 5 rings (SSSR count). The van der Waals surface area contributed by atoms with Crippen LogP contribution in [0.1, 0.15) is 10.4 Å². The van der Waals surface area contributed by atoms with E-state index in [9.17, 15) is 4.79 Å². The third kappa shape index (κ3) is 3.53. The van der Waals surface area contributed by atoms with Crippen LogP contribution < -0.4 is 5.32 Å². The van der Waals surface area contributed by atoms with Gasteiger partial charge in [0.05, 0.1) is 32.7 Å². The number of carbonyl (C=O) groups is 1. The van der Waals surface area contributed by atoms with Crippen LogP contribution in [0.15, 0.2) is 77.8 Å². The third-order valence-electron chi connectivity index (χ3n) is 4.35. The molecular formula is C22H14N4OS2. The fraction of sp³-hybridized carbons (Fsp3) is 0. The average molecular weight is 415 g/mol. The van der Waals surface area contributed by atoms with Gasteiger partial charge in [0.25, 0.3) is 5.91 Å². The van der Waals surface area contributed by atoms with Crippen molar-refractivity contribution in [3.05, 3.63) is 83.3 Å². The van der Waals surface area contributed by atoms with Crippen molar-refractivity contribution in [2.75, 3.05) is 5.32 Å². The molecule has 0 aliphatic carbocycles. The quantitative estimate of drug-likeness (QED) is 0.407. The van der Waals surface area contributed by atoms with Crippen LogP contribution in [-0.2, 0) is 0 Å². The molecule has 0 saturated heterocycles. The highest BCUT2D eigenvalue weighted by molar-refractivity contribution is 7.14. The van der Waals surface area contributed by atoms with Gasteiger partial charge in [-0.05, 0) is 53.2 Å². The molecule has 0 atom stereocenters. The minimum atomic E-state index is -0.207. The highest BCUT2D eigenvalue weighted by atomic mass is 32.1. The van der Waals surface area contributed by atoms with Crippen LogP contribution in [0.4, 0.5) is 5.69 Å². The molecule has 5 nitrogen and oxygen atoms in total. The number of rotatable bonds is 4. The topological polar surface area (TPSA) is 67.8 Å². The first kappa shape index (κ1) is 17.7. The molecule has 0 aliphatic heterocycles. The molecule has 0 saturated carbocycles. The highest BCUT2D eigenvalue weighted by Gasteiger charge is 2.16. The fourth-order valence-corrected chi connectivity index (χ4v) is 4.44. The smallest absolute Gasteiger partial charge is 0.255 e. The number of aromatic nitrogens is 3. The lowest BCUT2D eigenvalue weighted by Crippen LogP contribution is -2.12. The Bertz CT molecular complexity index is 1280. The van der Waals surface area contributed by atoms with Gasteiger partial charge < -0.3 is 5.32 Å². The number of carbonyl (C=O) groups excluding carboxylic acids is 1. The second kappa shape index (κ2) is 7.54. The zero-order valence-electron chi connectivity index (χ0n) is 15.1. The standard InChI is InChI=1S/C22H14N4OS2/c27-22(24-15-4-1-9-23-13-15)14-7-8-16-17(12-14)26-21(19-6-3-11-29-19)20(25-16)18-5-2-10-28-18/h1-13H,(H,24,27). The first-order chi connectivity index (χ1) is 14.3. The lowest BCUT2D eigenvalue weighted by Gasteiger charge is -2.09. The van der Waals surface area contributed by atoms with Crippen LogP contribution in [0, 0.1) is 0 Å². The summed E-state index contributed by atoms with van der Waals surface area (Å²) < 4.78 is 0. The summed E-state index contributed by atoms with van der Waals surface area (Å²) in [6, 6.07) is 17.1. The number of nitrogens with zero attached hydrogens (tertiary/aromatic N) is 3. The number of benzene rings is 1. The van der Waals surface area contributed by atoms with Crippen molar-refractivity contribution >= 4 is 45.3 Å². The van der Waals surface area contributed by atoms with Gasteiger partial charge in [-0.1, -0.05) is 12.1 Å². The molecule has 0 fully saturated rings. The summed E-state index contributed by atoms with van der Waals surface area (Å²) in [7, 11) is 0. The van der Waals surface area contributed by atoms with E-state index in [0.717, 1.165) is 26.7 Å². The van der Waals surface area contributed by atoms with Crippen LogP contribution in [0.25, 0.3) is 32.2 Å². The van der Waals surface area contributed by atoms with Gasteiger partial charge in [0.2, 0.25) is 0 Å². The van der Waals surface area contributed by atoms with Gasteiger partial charge in [0.1, 0.15) is 11.4 Å². The Labute approximate surface area is 174 Å². The molecular weight excluding hydrogens is 400 g/mol. The SMILES string of the molecule is O=C(Nc1cccnc1)c1ccc2nc(-c3cccs3)c(-c3cccs3)nc2c1. The Balaban J connectivity index is 1.59. The fourth-order valence-electron chi connectivity index (χ4n) is 3.01. The summed E-state index contributed by atoms with van der Waals surface area (Å²) in [4.78, 5) is 28.5. The van der Waals surface area contributed by atoms with E-state index in [-0.39, 0.29) is 5.91 Å². The monoisotopic (exact) mass is 414 g/mol. The number of fused-ring (bicyclic) bond motifs is 1. The number of thiophene rings is 2. The van der Waals surface area contributed by atoms with Crippen LogP contribution in [0.3, 0.4) is 0 Å². The molecule has 140 valence electrons. The van der Waals surface area contributed by atoms with E-state index >= 15 is 0 Å². The van der Waals surface area contributed by atoms with Crippen molar-refractivity contribution in [2.45, 2.75) is 0 Å². The molecule has 0 unspecified atom stereocenters. The van der Waals surface area contributed by atoms with E-state index < -0.39 is 0 Å². The lowest BCUT2D eigenvalue weighted by molar-refractivity contribution is 0.102. The van der Waals surface area contributed by atoms with Crippen LogP contribution in [0.5, 0.6) is 0 Å². The normalized spacial score (nSPS) is 10.9. The number of hydrogen-bond donors (Lipinski definition) is 1. The molecule has 0 bridgehead atoms. The van der Waals surface area contributed by atoms with Crippen molar-refractivity contribution in [1.82, 2.24) is 15.0 Å².